The molecule has 0 aliphatic carbocycles. The van der Waals surface area contributed by atoms with Crippen LogP contribution in [0, 0.1) is 0 Å². The second-order valence-electron chi connectivity index (χ2n) is 2.91. The molecule has 76 valence electrons. The van der Waals surface area contributed by atoms with Crippen LogP contribution in [0.3, 0.4) is 0 Å². The van der Waals surface area contributed by atoms with Gasteiger partial charge in [-0.1, -0.05) is 31.2 Å². The highest BCUT2D eigenvalue weighted by atomic mass is 16.7. The SMILES string of the molecule is CCc1ccc(COC(=O)OC)cc1. The number of methoxy groups -OCH3 is 1. The normalized spacial score (nSPS) is 9.57. The topological polar surface area (TPSA) is 35.5 Å². The van der Waals surface area contributed by atoms with Crippen LogP contribution in [0.25, 0.3) is 0 Å². The van der Waals surface area contributed by atoms with E-state index in [4.69, 9.17) is 4.74 Å². The van der Waals surface area contributed by atoms with Crippen LogP contribution in [0.15, 0.2) is 24.3 Å². The van der Waals surface area contributed by atoms with Crippen LogP contribution in [0.2, 0.25) is 0 Å². The predicted molar refractivity (Wildman–Crippen MR) is 53.0 cm³/mol. The first-order valence-corrected chi connectivity index (χ1v) is 4.54. The fourth-order valence-corrected chi connectivity index (χ4v) is 1.07. The van der Waals surface area contributed by atoms with E-state index in [2.05, 4.69) is 11.7 Å². The van der Waals surface area contributed by atoms with Gasteiger partial charge in [0.1, 0.15) is 6.61 Å². The molecule has 3 nitrogen and oxygen atoms in total. The van der Waals surface area contributed by atoms with Crippen molar-refractivity contribution in [2.45, 2.75) is 20.0 Å². The maximum absolute atomic E-state index is 10.7. The molecule has 0 saturated heterocycles. The molecule has 0 unspecified atom stereocenters. The second kappa shape index (κ2) is 5.27. The highest BCUT2D eigenvalue weighted by Crippen LogP contribution is 2.06. The zero-order valence-electron chi connectivity index (χ0n) is 8.45. The molecule has 1 rings (SSSR count). The zero-order valence-corrected chi connectivity index (χ0v) is 8.45. The van der Waals surface area contributed by atoms with Gasteiger partial charge in [0.05, 0.1) is 7.11 Å². The number of aryl methyl sites for hydroxylation is 1. The van der Waals surface area contributed by atoms with Crippen molar-refractivity contribution < 1.29 is 14.3 Å². The Labute approximate surface area is 83.6 Å². The van der Waals surface area contributed by atoms with Crippen LogP contribution in [-0.2, 0) is 22.5 Å². The summed E-state index contributed by atoms with van der Waals surface area (Å²) in [6, 6.07) is 7.94. The first-order valence-electron chi connectivity index (χ1n) is 4.54. The molecule has 0 aliphatic heterocycles. The van der Waals surface area contributed by atoms with Crippen molar-refractivity contribution >= 4 is 6.16 Å². The smallest absolute Gasteiger partial charge is 0.438 e. The Morgan fingerprint density at radius 3 is 2.29 bits per heavy atom. The van der Waals surface area contributed by atoms with E-state index >= 15 is 0 Å². The Morgan fingerprint density at radius 2 is 1.79 bits per heavy atom. The van der Waals surface area contributed by atoms with Crippen LogP contribution in [0.5, 0.6) is 0 Å². The first-order chi connectivity index (χ1) is 6.76. The van der Waals surface area contributed by atoms with Crippen LogP contribution < -0.4 is 0 Å². The number of hydrogen-bond donors (Lipinski definition) is 0. The summed E-state index contributed by atoms with van der Waals surface area (Å²) in [5.41, 5.74) is 2.24. The molecule has 0 fully saturated rings. The van der Waals surface area contributed by atoms with E-state index in [0.29, 0.717) is 0 Å². The number of ether oxygens (including phenoxy) is 2. The third kappa shape index (κ3) is 3.09. The molecule has 0 N–H and O–H groups in total. The van der Waals surface area contributed by atoms with Gasteiger partial charge in [-0.05, 0) is 17.5 Å². The van der Waals surface area contributed by atoms with Crippen LogP contribution in [-0.4, -0.2) is 13.3 Å². The van der Waals surface area contributed by atoms with E-state index < -0.39 is 6.16 Å². The summed E-state index contributed by atoms with van der Waals surface area (Å²) in [4.78, 5) is 10.7. The Kier molecular flexibility index (Phi) is 3.98. The average Bonchev–Trinajstić information content (AvgIpc) is 2.26. The fraction of sp³-hybridized carbons (Fsp3) is 0.364. The van der Waals surface area contributed by atoms with Crippen molar-refractivity contribution in [1.29, 1.82) is 0 Å². The molecule has 0 heterocycles. The summed E-state index contributed by atoms with van der Waals surface area (Å²) in [5, 5.41) is 0. The highest BCUT2D eigenvalue weighted by Gasteiger charge is 2.00. The third-order valence-corrected chi connectivity index (χ3v) is 1.95. The van der Waals surface area contributed by atoms with Gasteiger partial charge in [-0.2, -0.15) is 0 Å². The van der Waals surface area contributed by atoms with Gasteiger partial charge in [0, 0.05) is 0 Å². The maximum atomic E-state index is 10.7. The largest absolute Gasteiger partial charge is 0.508 e. The van der Waals surface area contributed by atoms with Crippen molar-refractivity contribution in [2.24, 2.45) is 0 Å². The van der Waals surface area contributed by atoms with Gasteiger partial charge in [-0.3, -0.25) is 0 Å². The zero-order chi connectivity index (χ0) is 10.4. The number of benzene rings is 1. The summed E-state index contributed by atoms with van der Waals surface area (Å²) in [7, 11) is 1.29. The van der Waals surface area contributed by atoms with Gasteiger partial charge in [-0.15, -0.1) is 0 Å². The van der Waals surface area contributed by atoms with Crippen molar-refractivity contribution in [1.82, 2.24) is 0 Å². The molecule has 14 heavy (non-hydrogen) atoms. The Hall–Kier alpha value is -1.51. The standard InChI is InChI=1S/C11H14O3/c1-3-9-4-6-10(7-5-9)8-14-11(12)13-2/h4-7H,3,8H2,1-2H3. The number of carbonyl (C=O) groups excluding carboxylic acids is 1. The quantitative estimate of drug-likeness (QED) is 0.693. The maximum Gasteiger partial charge on any atom is 0.508 e. The Bertz CT molecular complexity index is 290. The minimum atomic E-state index is -0.649. The molecule has 0 aliphatic rings. The number of rotatable bonds is 3. The van der Waals surface area contributed by atoms with E-state index in [1.165, 1.54) is 12.7 Å². The summed E-state index contributed by atoms with van der Waals surface area (Å²) < 4.78 is 9.15. The van der Waals surface area contributed by atoms with Gasteiger partial charge in [0.15, 0.2) is 0 Å². The molecule has 0 aromatic heterocycles. The van der Waals surface area contributed by atoms with E-state index in [-0.39, 0.29) is 6.61 Å². The summed E-state index contributed by atoms with van der Waals surface area (Å²) in [6.07, 6.45) is 0.363. The van der Waals surface area contributed by atoms with Gasteiger partial charge in [0.2, 0.25) is 0 Å². The van der Waals surface area contributed by atoms with Crippen molar-refractivity contribution in [3.05, 3.63) is 35.4 Å². The van der Waals surface area contributed by atoms with Gasteiger partial charge in [-0.25, -0.2) is 4.79 Å². The summed E-state index contributed by atoms with van der Waals surface area (Å²) >= 11 is 0. The molecule has 1 aromatic carbocycles. The van der Waals surface area contributed by atoms with E-state index in [0.717, 1.165) is 12.0 Å². The first kappa shape index (κ1) is 10.6. The highest BCUT2D eigenvalue weighted by molar-refractivity contribution is 5.59. The van der Waals surface area contributed by atoms with Gasteiger partial charge in [0.25, 0.3) is 0 Å². The second-order valence-corrected chi connectivity index (χ2v) is 2.91. The summed E-state index contributed by atoms with van der Waals surface area (Å²) in [5.74, 6) is 0. The van der Waals surface area contributed by atoms with Crippen molar-refractivity contribution in [2.75, 3.05) is 7.11 Å². The number of carbonyl (C=O) groups is 1. The third-order valence-electron chi connectivity index (χ3n) is 1.95. The molecular weight excluding hydrogens is 180 g/mol. The van der Waals surface area contributed by atoms with E-state index in [1.807, 2.05) is 24.3 Å². The molecule has 0 amide bonds. The summed E-state index contributed by atoms with van der Waals surface area (Å²) in [6.45, 7) is 2.36. The molecule has 0 bridgehead atoms. The van der Waals surface area contributed by atoms with Crippen LogP contribution in [0.4, 0.5) is 4.79 Å². The molecule has 0 atom stereocenters. The monoisotopic (exact) mass is 194 g/mol. The average molecular weight is 194 g/mol. The lowest BCUT2D eigenvalue weighted by Gasteiger charge is -2.03. The van der Waals surface area contributed by atoms with Crippen molar-refractivity contribution in [3.63, 3.8) is 0 Å². The van der Waals surface area contributed by atoms with Crippen LogP contribution >= 0.6 is 0 Å². The lowest BCUT2D eigenvalue weighted by Crippen LogP contribution is -2.03. The lowest BCUT2D eigenvalue weighted by atomic mass is 10.1. The predicted octanol–water partition coefficient (Wildman–Crippen LogP) is 2.53. The lowest BCUT2D eigenvalue weighted by molar-refractivity contribution is 0.0669. The Morgan fingerprint density at radius 1 is 1.21 bits per heavy atom. The molecule has 0 radical (unpaired) electrons. The molecule has 3 heteroatoms. The Balaban J connectivity index is 2.47. The number of hydrogen-bond acceptors (Lipinski definition) is 3. The molecular formula is C11H14O3. The fourth-order valence-electron chi connectivity index (χ4n) is 1.07. The molecule has 1 aromatic rings. The minimum Gasteiger partial charge on any atom is -0.438 e. The molecule has 0 saturated carbocycles. The van der Waals surface area contributed by atoms with E-state index in [1.54, 1.807) is 0 Å². The molecule has 0 spiro atoms. The minimum absolute atomic E-state index is 0.261. The van der Waals surface area contributed by atoms with E-state index in [9.17, 15) is 4.79 Å². The van der Waals surface area contributed by atoms with Gasteiger partial charge < -0.3 is 9.47 Å². The van der Waals surface area contributed by atoms with Crippen LogP contribution in [0.1, 0.15) is 18.1 Å². The van der Waals surface area contributed by atoms with Gasteiger partial charge >= 0.3 is 6.16 Å². The van der Waals surface area contributed by atoms with Crippen molar-refractivity contribution in [3.8, 4) is 0 Å².